The van der Waals surface area contributed by atoms with Gasteiger partial charge >= 0.3 is 0 Å². The van der Waals surface area contributed by atoms with Gasteiger partial charge in [0, 0.05) is 12.1 Å². The summed E-state index contributed by atoms with van der Waals surface area (Å²) in [4.78, 5) is 19.5. The van der Waals surface area contributed by atoms with Gasteiger partial charge < -0.3 is 14.5 Å². The fourth-order valence-corrected chi connectivity index (χ4v) is 3.90. The Hall–Kier alpha value is -3.12. The van der Waals surface area contributed by atoms with Crippen LogP contribution >= 0.6 is 0 Å². The van der Waals surface area contributed by atoms with Gasteiger partial charge in [-0.05, 0) is 55.8 Å². The molecule has 156 valence electrons. The van der Waals surface area contributed by atoms with Gasteiger partial charge in [-0.2, -0.15) is 0 Å². The summed E-state index contributed by atoms with van der Waals surface area (Å²) in [5.74, 6) is 1.30. The molecule has 6 nitrogen and oxygen atoms in total. The van der Waals surface area contributed by atoms with Gasteiger partial charge in [0.1, 0.15) is 12.0 Å². The quantitative estimate of drug-likeness (QED) is 0.617. The molecule has 30 heavy (non-hydrogen) atoms. The second-order valence-corrected chi connectivity index (χ2v) is 7.53. The van der Waals surface area contributed by atoms with Crippen molar-refractivity contribution in [2.24, 2.45) is 0 Å². The smallest absolute Gasteiger partial charge is 0.226 e. The second-order valence-electron chi connectivity index (χ2n) is 7.53. The molecule has 2 aromatic carbocycles. The summed E-state index contributed by atoms with van der Waals surface area (Å²) < 4.78 is 10.9. The molecule has 0 aliphatic carbocycles. The topological polar surface area (TPSA) is 67.6 Å². The number of aromatic nitrogens is 1. The van der Waals surface area contributed by atoms with Crippen LogP contribution in [0.2, 0.25) is 0 Å². The van der Waals surface area contributed by atoms with Gasteiger partial charge in [0.25, 0.3) is 0 Å². The van der Waals surface area contributed by atoms with Gasteiger partial charge in [-0.3, -0.25) is 9.69 Å². The number of oxazole rings is 1. The van der Waals surface area contributed by atoms with Gasteiger partial charge in [-0.25, -0.2) is 4.98 Å². The monoisotopic (exact) mass is 405 g/mol. The van der Waals surface area contributed by atoms with E-state index in [4.69, 9.17) is 9.15 Å². The van der Waals surface area contributed by atoms with Gasteiger partial charge in [0.2, 0.25) is 11.8 Å². The summed E-state index contributed by atoms with van der Waals surface area (Å²) in [6.45, 7) is 2.64. The lowest BCUT2D eigenvalue weighted by Crippen LogP contribution is -2.37. The Morgan fingerprint density at radius 1 is 1.17 bits per heavy atom. The molecule has 1 atom stereocenters. The molecule has 1 unspecified atom stereocenters. The first-order valence-electron chi connectivity index (χ1n) is 10.4. The van der Waals surface area contributed by atoms with E-state index in [1.807, 2.05) is 42.5 Å². The van der Waals surface area contributed by atoms with Gasteiger partial charge in [0.05, 0.1) is 25.3 Å². The molecule has 3 aromatic rings. The van der Waals surface area contributed by atoms with E-state index in [2.05, 4.69) is 27.3 Å². The van der Waals surface area contributed by atoms with Crippen LogP contribution in [0.3, 0.4) is 0 Å². The third-order valence-corrected chi connectivity index (χ3v) is 5.47. The molecular weight excluding hydrogens is 378 g/mol. The zero-order chi connectivity index (χ0) is 20.8. The summed E-state index contributed by atoms with van der Waals surface area (Å²) in [7, 11) is 1.67. The third kappa shape index (κ3) is 4.89. The van der Waals surface area contributed by atoms with Crippen LogP contribution in [0.15, 0.2) is 65.3 Å². The number of methoxy groups -OCH3 is 1. The van der Waals surface area contributed by atoms with E-state index in [0.717, 1.165) is 30.0 Å². The van der Waals surface area contributed by atoms with Crippen molar-refractivity contribution in [2.45, 2.75) is 25.3 Å². The number of hydrogen-bond donors (Lipinski definition) is 1. The minimum Gasteiger partial charge on any atom is -0.497 e. The first-order valence-corrected chi connectivity index (χ1v) is 10.4. The van der Waals surface area contributed by atoms with Crippen molar-refractivity contribution >= 4 is 5.91 Å². The number of likely N-dealkylation sites (tertiary alicyclic amines) is 1. The Kier molecular flexibility index (Phi) is 6.44. The Morgan fingerprint density at radius 2 is 1.97 bits per heavy atom. The molecule has 0 bridgehead atoms. The van der Waals surface area contributed by atoms with Crippen LogP contribution < -0.4 is 10.1 Å². The number of carbonyl (C=O) groups excluding carboxylic acids is 1. The first kappa shape index (κ1) is 20.2. The molecule has 2 heterocycles. The molecule has 1 aromatic heterocycles. The molecule has 0 spiro atoms. The molecular formula is C24H27N3O3. The van der Waals surface area contributed by atoms with E-state index in [1.165, 1.54) is 12.8 Å². The van der Waals surface area contributed by atoms with Crippen molar-refractivity contribution in [1.29, 1.82) is 0 Å². The molecule has 1 amide bonds. The van der Waals surface area contributed by atoms with Crippen LogP contribution in [0, 0.1) is 0 Å². The Morgan fingerprint density at radius 3 is 2.73 bits per heavy atom. The van der Waals surface area contributed by atoms with Crippen LogP contribution in [0.4, 0.5) is 0 Å². The van der Waals surface area contributed by atoms with Crippen LogP contribution in [-0.4, -0.2) is 42.5 Å². The van der Waals surface area contributed by atoms with Crippen molar-refractivity contribution < 1.29 is 13.9 Å². The Bertz CT molecular complexity index is 965. The lowest BCUT2D eigenvalue weighted by atomic mass is 10.0. The van der Waals surface area contributed by atoms with E-state index in [-0.39, 0.29) is 18.4 Å². The van der Waals surface area contributed by atoms with Crippen molar-refractivity contribution in [2.75, 3.05) is 26.7 Å². The van der Waals surface area contributed by atoms with E-state index < -0.39 is 0 Å². The van der Waals surface area contributed by atoms with E-state index >= 15 is 0 Å². The number of benzene rings is 2. The van der Waals surface area contributed by atoms with Crippen LogP contribution in [-0.2, 0) is 11.2 Å². The molecule has 1 saturated heterocycles. The molecule has 4 rings (SSSR count). The standard InChI is InChI=1S/C24H27N3O3/c1-29-21-11-7-10-19(14-21)22(27-12-5-6-13-27)16-25-23(28)15-20-17-30-24(26-20)18-8-3-2-4-9-18/h2-4,7-11,14,17,22H,5-6,12-13,15-16H2,1H3,(H,25,28). The Balaban J connectivity index is 1.39. The number of amides is 1. The van der Waals surface area contributed by atoms with Gasteiger partial charge in [-0.1, -0.05) is 30.3 Å². The van der Waals surface area contributed by atoms with Crippen LogP contribution in [0.5, 0.6) is 5.75 Å². The highest BCUT2D eigenvalue weighted by atomic mass is 16.5. The number of carbonyl (C=O) groups is 1. The number of nitrogens with zero attached hydrogens (tertiary/aromatic N) is 2. The van der Waals surface area contributed by atoms with Crippen molar-refractivity contribution in [3.8, 4) is 17.2 Å². The van der Waals surface area contributed by atoms with Gasteiger partial charge in [-0.15, -0.1) is 0 Å². The van der Waals surface area contributed by atoms with Crippen molar-refractivity contribution in [1.82, 2.24) is 15.2 Å². The largest absolute Gasteiger partial charge is 0.497 e. The Labute approximate surface area is 176 Å². The van der Waals surface area contributed by atoms with Crippen molar-refractivity contribution in [3.05, 3.63) is 72.1 Å². The molecule has 0 radical (unpaired) electrons. The number of rotatable bonds is 8. The lowest BCUT2D eigenvalue weighted by molar-refractivity contribution is -0.120. The molecule has 1 aliphatic rings. The number of ether oxygens (including phenoxy) is 1. The highest BCUT2D eigenvalue weighted by Crippen LogP contribution is 2.27. The first-order chi connectivity index (χ1) is 14.7. The normalized spacial score (nSPS) is 15.1. The fraction of sp³-hybridized carbons (Fsp3) is 0.333. The average molecular weight is 405 g/mol. The van der Waals surface area contributed by atoms with E-state index in [1.54, 1.807) is 13.4 Å². The maximum atomic E-state index is 12.6. The third-order valence-electron chi connectivity index (χ3n) is 5.47. The second kappa shape index (κ2) is 9.59. The predicted octanol–water partition coefficient (Wildman–Crippen LogP) is 3.85. The van der Waals surface area contributed by atoms with E-state index in [9.17, 15) is 4.79 Å². The van der Waals surface area contributed by atoms with Crippen LogP contribution in [0.1, 0.15) is 30.1 Å². The molecule has 1 fully saturated rings. The zero-order valence-corrected chi connectivity index (χ0v) is 17.2. The predicted molar refractivity (Wildman–Crippen MR) is 115 cm³/mol. The minimum atomic E-state index is -0.0602. The lowest BCUT2D eigenvalue weighted by Gasteiger charge is -2.28. The summed E-state index contributed by atoms with van der Waals surface area (Å²) in [5.41, 5.74) is 2.69. The average Bonchev–Trinajstić information content (AvgIpc) is 3.47. The molecule has 6 heteroatoms. The maximum Gasteiger partial charge on any atom is 0.226 e. The molecule has 0 saturated carbocycles. The number of hydrogen-bond acceptors (Lipinski definition) is 5. The van der Waals surface area contributed by atoms with Gasteiger partial charge in [0.15, 0.2) is 0 Å². The summed E-state index contributed by atoms with van der Waals surface area (Å²) in [5, 5.41) is 3.09. The van der Waals surface area contributed by atoms with Crippen molar-refractivity contribution in [3.63, 3.8) is 0 Å². The van der Waals surface area contributed by atoms with Crippen LogP contribution in [0.25, 0.3) is 11.5 Å². The highest BCUT2D eigenvalue weighted by molar-refractivity contribution is 5.78. The zero-order valence-electron chi connectivity index (χ0n) is 17.2. The molecule has 1 aliphatic heterocycles. The fourth-order valence-electron chi connectivity index (χ4n) is 3.90. The summed E-state index contributed by atoms with van der Waals surface area (Å²) in [6, 6.07) is 17.9. The maximum absolute atomic E-state index is 12.6. The van der Waals surface area contributed by atoms with E-state index in [0.29, 0.717) is 18.1 Å². The highest BCUT2D eigenvalue weighted by Gasteiger charge is 2.24. The SMILES string of the molecule is COc1cccc(C(CNC(=O)Cc2coc(-c3ccccc3)n2)N2CCCC2)c1. The summed E-state index contributed by atoms with van der Waals surface area (Å²) in [6.07, 6.45) is 4.13. The number of nitrogens with one attached hydrogen (secondary N) is 1. The molecule has 1 N–H and O–H groups in total. The minimum absolute atomic E-state index is 0.0602. The summed E-state index contributed by atoms with van der Waals surface area (Å²) >= 11 is 0.